The molecule has 1 aromatic heterocycles. The Morgan fingerprint density at radius 3 is 2.73 bits per heavy atom. The average Bonchev–Trinajstić information content (AvgIpc) is 3.22. The summed E-state index contributed by atoms with van der Waals surface area (Å²) in [5.74, 6) is 2.53. The first-order valence-electron chi connectivity index (χ1n) is 12.7. The van der Waals surface area contributed by atoms with E-state index in [0.717, 1.165) is 49.8 Å². The Balaban J connectivity index is 1.39. The van der Waals surface area contributed by atoms with Crippen LogP contribution in [0.25, 0.3) is 0 Å². The number of rotatable bonds is 3. The number of aryl methyl sites for hydroxylation is 2. The predicted octanol–water partition coefficient (Wildman–Crippen LogP) is 2.96. The van der Waals surface area contributed by atoms with Crippen LogP contribution in [0.1, 0.15) is 48.2 Å². The fourth-order valence-corrected chi connectivity index (χ4v) is 9.56. The number of phenolic OH excluding ortho intramolecular Hbond substituents is 1. The van der Waals surface area contributed by atoms with E-state index in [1.54, 1.807) is 0 Å². The molecule has 2 aliphatic heterocycles. The molecular weight excluding hydrogens is 412 g/mol. The number of hydrogen-bond acceptors (Lipinski definition) is 6. The van der Waals surface area contributed by atoms with E-state index in [-0.39, 0.29) is 17.4 Å². The highest BCUT2D eigenvalue weighted by molar-refractivity contribution is 5.53. The standard InChI is InChI=1S/C27H34N4O2/c1-16-11-17(2)29-25(28-16)31-15-19-14-26-6-5-22(31)24(19)27(26)7-8-30(9-10-32)23(26)12-18-3-4-20(33)13-21(18)27/h3-4,11,13,19,22-24,32-33H,5-10,12,14-15H2,1-2H3/t19-,22?,23?,24?,26?,27?/m1/s1. The second-order valence-electron chi connectivity index (χ2n) is 11.4. The molecule has 3 aliphatic carbocycles. The monoisotopic (exact) mass is 446 g/mol. The van der Waals surface area contributed by atoms with Gasteiger partial charge < -0.3 is 15.1 Å². The lowest BCUT2D eigenvalue weighted by Crippen LogP contribution is -2.69. The topological polar surface area (TPSA) is 72.7 Å². The fourth-order valence-electron chi connectivity index (χ4n) is 9.56. The summed E-state index contributed by atoms with van der Waals surface area (Å²) in [6.07, 6.45) is 5.83. The third kappa shape index (κ3) is 2.41. The van der Waals surface area contributed by atoms with Crippen molar-refractivity contribution in [2.75, 3.05) is 31.1 Å². The molecule has 2 saturated heterocycles. The lowest BCUT2D eigenvalue weighted by atomic mass is 9.43. The van der Waals surface area contributed by atoms with Gasteiger partial charge >= 0.3 is 0 Å². The number of anilines is 1. The van der Waals surface area contributed by atoms with Crippen molar-refractivity contribution < 1.29 is 10.2 Å². The molecule has 0 amide bonds. The van der Waals surface area contributed by atoms with Crippen LogP contribution in [-0.4, -0.2) is 63.4 Å². The number of phenols is 1. The van der Waals surface area contributed by atoms with Crippen LogP contribution in [0.4, 0.5) is 5.95 Å². The molecule has 1 aromatic carbocycles. The summed E-state index contributed by atoms with van der Waals surface area (Å²) in [6.45, 7) is 7.23. The summed E-state index contributed by atoms with van der Waals surface area (Å²) in [4.78, 5) is 14.9. The summed E-state index contributed by atoms with van der Waals surface area (Å²) >= 11 is 0. The Labute approximate surface area is 195 Å². The number of aliphatic hydroxyl groups excluding tert-OH is 1. The van der Waals surface area contributed by atoms with E-state index in [2.05, 4.69) is 41.8 Å². The maximum Gasteiger partial charge on any atom is 0.226 e. The second kappa shape index (κ2) is 6.70. The molecule has 0 spiro atoms. The van der Waals surface area contributed by atoms with E-state index < -0.39 is 0 Å². The zero-order chi connectivity index (χ0) is 22.5. The van der Waals surface area contributed by atoms with Gasteiger partial charge in [-0.25, -0.2) is 9.97 Å². The molecule has 174 valence electrons. The Bertz CT molecular complexity index is 1120. The van der Waals surface area contributed by atoms with Crippen LogP contribution in [0.2, 0.25) is 0 Å². The zero-order valence-corrected chi connectivity index (χ0v) is 19.7. The molecule has 7 rings (SSSR count). The van der Waals surface area contributed by atoms with Gasteiger partial charge in [-0.2, -0.15) is 0 Å². The largest absolute Gasteiger partial charge is 0.508 e. The Kier molecular flexibility index (Phi) is 4.10. The van der Waals surface area contributed by atoms with E-state index in [1.807, 2.05) is 6.07 Å². The molecule has 0 radical (unpaired) electrons. The smallest absolute Gasteiger partial charge is 0.226 e. The Morgan fingerprint density at radius 1 is 1.12 bits per heavy atom. The molecule has 6 atom stereocenters. The first-order valence-corrected chi connectivity index (χ1v) is 12.7. The number of aliphatic hydroxyl groups is 1. The van der Waals surface area contributed by atoms with Gasteiger partial charge in [0.05, 0.1) is 6.61 Å². The van der Waals surface area contributed by atoms with Crippen molar-refractivity contribution in [3.8, 4) is 5.75 Å². The van der Waals surface area contributed by atoms with E-state index in [1.165, 1.54) is 30.4 Å². The van der Waals surface area contributed by atoms with Gasteiger partial charge in [-0.3, -0.25) is 4.90 Å². The van der Waals surface area contributed by atoms with E-state index >= 15 is 0 Å². The van der Waals surface area contributed by atoms with Crippen LogP contribution in [0, 0.1) is 31.1 Å². The van der Waals surface area contributed by atoms with Gasteiger partial charge in [0.15, 0.2) is 0 Å². The van der Waals surface area contributed by atoms with E-state index in [4.69, 9.17) is 9.97 Å². The highest BCUT2D eigenvalue weighted by Gasteiger charge is 2.76. The zero-order valence-electron chi connectivity index (χ0n) is 19.7. The lowest BCUT2D eigenvalue weighted by Gasteiger charge is -2.66. The molecule has 4 bridgehead atoms. The summed E-state index contributed by atoms with van der Waals surface area (Å²) in [5.41, 5.74) is 5.30. The van der Waals surface area contributed by atoms with Crippen molar-refractivity contribution >= 4 is 5.95 Å². The molecule has 3 heterocycles. The number of fused-ring (bicyclic) bond motifs is 1. The van der Waals surface area contributed by atoms with Crippen LogP contribution in [-0.2, 0) is 11.8 Å². The third-order valence-corrected chi connectivity index (χ3v) is 10.2. The van der Waals surface area contributed by atoms with Gasteiger partial charge in [-0.1, -0.05) is 6.07 Å². The van der Waals surface area contributed by atoms with Crippen molar-refractivity contribution in [2.24, 2.45) is 17.3 Å². The fraction of sp³-hybridized carbons (Fsp3) is 0.630. The Morgan fingerprint density at radius 2 is 1.94 bits per heavy atom. The van der Waals surface area contributed by atoms with Gasteiger partial charge in [-0.05, 0) is 99.1 Å². The van der Waals surface area contributed by atoms with Gasteiger partial charge in [-0.15, -0.1) is 0 Å². The molecule has 2 N–H and O–H groups in total. The summed E-state index contributed by atoms with van der Waals surface area (Å²) < 4.78 is 0. The number of aromatic nitrogens is 2. The normalized spacial score (nSPS) is 38.3. The van der Waals surface area contributed by atoms with Crippen LogP contribution in [0.15, 0.2) is 24.3 Å². The number of piperidine rings is 1. The maximum atomic E-state index is 10.6. The molecule has 2 saturated carbocycles. The molecular formula is C27H34N4O2. The maximum absolute atomic E-state index is 10.6. The lowest BCUT2D eigenvalue weighted by molar-refractivity contribution is -0.0938. The quantitative estimate of drug-likeness (QED) is 0.755. The Hall–Kier alpha value is -2.18. The highest BCUT2D eigenvalue weighted by Crippen LogP contribution is 2.75. The van der Waals surface area contributed by atoms with Gasteiger partial charge in [0.2, 0.25) is 5.95 Å². The number of benzene rings is 1. The first-order chi connectivity index (χ1) is 16.0. The minimum absolute atomic E-state index is 0.108. The van der Waals surface area contributed by atoms with E-state index in [9.17, 15) is 10.2 Å². The molecule has 6 heteroatoms. The average molecular weight is 447 g/mol. The van der Waals surface area contributed by atoms with E-state index in [0.29, 0.717) is 29.7 Å². The van der Waals surface area contributed by atoms with Gasteiger partial charge in [0, 0.05) is 42.0 Å². The first kappa shape index (κ1) is 20.2. The summed E-state index contributed by atoms with van der Waals surface area (Å²) in [6, 6.07) is 9.18. The number of likely N-dealkylation sites (tertiary alicyclic amines) is 1. The number of aromatic hydroxyl groups is 1. The molecule has 6 nitrogen and oxygen atoms in total. The summed E-state index contributed by atoms with van der Waals surface area (Å²) in [7, 11) is 0. The highest BCUT2D eigenvalue weighted by atomic mass is 16.3. The van der Waals surface area contributed by atoms with Crippen molar-refractivity contribution in [1.82, 2.24) is 14.9 Å². The molecule has 5 aliphatic rings. The predicted molar refractivity (Wildman–Crippen MR) is 126 cm³/mol. The van der Waals surface area contributed by atoms with Crippen molar-refractivity contribution in [3.63, 3.8) is 0 Å². The second-order valence-corrected chi connectivity index (χ2v) is 11.4. The molecule has 4 fully saturated rings. The summed E-state index contributed by atoms with van der Waals surface area (Å²) in [5, 5.41) is 20.4. The van der Waals surface area contributed by atoms with Crippen molar-refractivity contribution in [2.45, 2.75) is 63.5 Å². The molecule has 2 aromatic rings. The SMILES string of the molecule is Cc1cc(C)nc(N2C[C@H]3CC45CCC2C3C42CCN(CCO)C5Cc3ccc(O)cc32)n1. The van der Waals surface area contributed by atoms with Crippen LogP contribution < -0.4 is 4.90 Å². The van der Waals surface area contributed by atoms with Gasteiger partial charge in [0.25, 0.3) is 0 Å². The van der Waals surface area contributed by atoms with Crippen molar-refractivity contribution in [1.29, 1.82) is 0 Å². The van der Waals surface area contributed by atoms with Crippen LogP contribution in [0.3, 0.4) is 0 Å². The molecule has 5 unspecified atom stereocenters. The van der Waals surface area contributed by atoms with Gasteiger partial charge in [0.1, 0.15) is 5.75 Å². The minimum atomic E-state index is 0.108. The number of nitrogens with zero attached hydrogens (tertiary/aromatic N) is 4. The van der Waals surface area contributed by atoms with Crippen LogP contribution in [0.5, 0.6) is 5.75 Å². The third-order valence-electron chi connectivity index (χ3n) is 10.2. The number of β-amino-alcohol motifs (C(OH)–C–C–N with tert-alkyl or cyclic N) is 1. The minimum Gasteiger partial charge on any atom is -0.508 e. The van der Waals surface area contributed by atoms with Crippen molar-refractivity contribution in [3.05, 3.63) is 46.8 Å². The van der Waals surface area contributed by atoms with Crippen LogP contribution >= 0.6 is 0 Å². The number of hydrogen-bond donors (Lipinski definition) is 2. The molecule has 33 heavy (non-hydrogen) atoms.